The Morgan fingerprint density at radius 1 is 1.23 bits per heavy atom. The Kier molecular flexibility index (Phi) is 6.61. The van der Waals surface area contributed by atoms with Crippen LogP contribution in [-0.2, 0) is 21.2 Å². The number of hydrogen-bond donors (Lipinski definition) is 4. The second kappa shape index (κ2) is 9.00. The zero-order chi connectivity index (χ0) is 21.8. The molecule has 0 saturated carbocycles. The molecule has 0 radical (unpaired) electrons. The van der Waals surface area contributed by atoms with Gasteiger partial charge in [-0.1, -0.05) is 18.2 Å². The molecule has 30 heavy (non-hydrogen) atoms. The van der Waals surface area contributed by atoms with E-state index in [0.29, 0.717) is 18.0 Å². The minimum atomic E-state index is -4.06. The van der Waals surface area contributed by atoms with E-state index in [2.05, 4.69) is 5.32 Å². The highest BCUT2D eigenvalue weighted by atomic mass is 32.2. The number of hydroxylamine groups is 1. The van der Waals surface area contributed by atoms with Gasteiger partial charge in [0, 0.05) is 12.1 Å². The molecule has 1 aliphatic heterocycles. The van der Waals surface area contributed by atoms with E-state index in [-0.39, 0.29) is 24.5 Å². The van der Waals surface area contributed by atoms with Crippen LogP contribution < -0.4 is 20.3 Å². The molecule has 2 aromatic rings. The van der Waals surface area contributed by atoms with E-state index in [1.165, 1.54) is 29.7 Å². The normalized spacial score (nSPS) is 21.6. The van der Waals surface area contributed by atoms with Gasteiger partial charge in [-0.2, -0.15) is 0 Å². The summed E-state index contributed by atoms with van der Waals surface area (Å²) in [4.78, 5) is 11.9. The Morgan fingerprint density at radius 3 is 2.60 bits per heavy atom. The Balaban J connectivity index is 1.78. The van der Waals surface area contributed by atoms with Crippen molar-refractivity contribution in [1.82, 2.24) is 10.8 Å². The summed E-state index contributed by atoms with van der Waals surface area (Å²) in [6.07, 6.45) is 0.0122. The summed E-state index contributed by atoms with van der Waals surface area (Å²) in [5.41, 5.74) is -0.0916. The summed E-state index contributed by atoms with van der Waals surface area (Å²) in [6.45, 7) is 0.259. The standard InChI is InChI=1S/C20H24N2O7S/c1-28-17-5-3-2-4-14(17)12-29-15-6-8-16(9-7-15)30(26,27)18-10-11-21-13-20(18,24)19(23)22-25/h2-9,18,21,24-25H,10-13H2,1H3,(H,22,23). The number of para-hydroxylation sites is 1. The zero-order valence-corrected chi connectivity index (χ0v) is 17.2. The number of carbonyl (C=O) groups is 1. The van der Waals surface area contributed by atoms with Crippen molar-refractivity contribution in [2.24, 2.45) is 0 Å². The summed E-state index contributed by atoms with van der Waals surface area (Å²) in [6, 6.07) is 13.1. The monoisotopic (exact) mass is 436 g/mol. The number of piperidine rings is 1. The van der Waals surface area contributed by atoms with Crippen molar-refractivity contribution in [2.75, 3.05) is 20.2 Å². The summed E-state index contributed by atoms with van der Waals surface area (Å²) in [7, 11) is -2.49. The van der Waals surface area contributed by atoms with Crippen LogP contribution in [-0.4, -0.2) is 55.7 Å². The number of carbonyl (C=O) groups excluding carboxylic acids is 1. The average Bonchev–Trinajstić information content (AvgIpc) is 2.77. The van der Waals surface area contributed by atoms with Crippen molar-refractivity contribution >= 4 is 15.7 Å². The fourth-order valence-electron chi connectivity index (χ4n) is 3.47. The maximum absolute atomic E-state index is 13.1. The van der Waals surface area contributed by atoms with Crippen LogP contribution in [0.4, 0.5) is 0 Å². The first-order chi connectivity index (χ1) is 14.3. The lowest BCUT2D eigenvalue weighted by Crippen LogP contribution is -2.65. The van der Waals surface area contributed by atoms with Crippen LogP contribution in [0.1, 0.15) is 12.0 Å². The molecule has 2 aromatic carbocycles. The van der Waals surface area contributed by atoms with E-state index in [0.717, 1.165) is 5.56 Å². The smallest absolute Gasteiger partial charge is 0.277 e. The fourth-order valence-corrected chi connectivity index (χ4v) is 5.45. The third-order valence-electron chi connectivity index (χ3n) is 5.12. The quantitative estimate of drug-likeness (QED) is 0.367. The predicted molar refractivity (Wildman–Crippen MR) is 107 cm³/mol. The number of rotatable bonds is 7. The number of benzene rings is 2. The van der Waals surface area contributed by atoms with E-state index < -0.39 is 26.6 Å². The molecule has 2 unspecified atom stereocenters. The van der Waals surface area contributed by atoms with Crippen molar-refractivity contribution in [3.05, 3.63) is 54.1 Å². The molecule has 1 heterocycles. The molecule has 10 heteroatoms. The van der Waals surface area contributed by atoms with E-state index in [1.54, 1.807) is 7.11 Å². The molecule has 1 aliphatic rings. The van der Waals surface area contributed by atoms with Gasteiger partial charge < -0.3 is 19.9 Å². The lowest BCUT2D eigenvalue weighted by molar-refractivity contribution is -0.149. The minimum absolute atomic E-state index is 0.0122. The fraction of sp³-hybridized carbons (Fsp3) is 0.350. The molecule has 1 saturated heterocycles. The molecule has 162 valence electrons. The van der Waals surface area contributed by atoms with Gasteiger partial charge in [0.25, 0.3) is 5.91 Å². The van der Waals surface area contributed by atoms with Crippen molar-refractivity contribution in [3.63, 3.8) is 0 Å². The van der Waals surface area contributed by atoms with E-state index >= 15 is 0 Å². The predicted octanol–water partition coefficient (Wildman–Crippen LogP) is 0.646. The van der Waals surface area contributed by atoms with Crippen molar-refractivity contribution in [1.29, 1.82) is 0 Å². The molecule has 1 fully saturated rings. The second-order valence-corrected chi connectivity index (χ2v) is 9.07. The first kappa shape index (κ1) is 22.0. The number of sulfone groups is 1. The molecular formula is C20H24N2O7S. The molecule has 0 aliphatic carbocycles. The number of nitrogens with one attached hydrogen (secondary N) is 2. The van der Waals surface area contributed by atoms with Gasteiger partial charge in [-0.3, -0.25) is 10.0 Å². The van der Waals surface area contributed by atoms with E-state index in [9.17, 15) is 18.3 Å². The number of ether oxygens (including phenoxy) is 2. The highest BCUT2D eigenvalue weighted by Crippen LogP contribution is 2.30. The van der Waals surface area contributed by atoms with Gasteiger partial charge in [0.05, 0.1) is 12.0 Å². The maximum atomic E-state index is 13.1. The molecule has 0 spiro atoms. The summed E-state index contributed by atoms with van der Waals surface area (Å²) < 4.78 is 37.2. The summed E-state index contributed by atoms with van der Waals surface area (Å²) in [5, 5.41) is 21.0. The highest BCUT2D eigenvalue weighted by molar-refractivity contribution is 7.92. The van der Waals surface area contributed by atoms with Crippen LogP contribution in [0.3, 0.4) is 0 Å². The van der Waals surface area contributed by atoms with Gasteiger partial charge in [-0.25, -0.2) is 13.9 Å². The van der Waals surface area contributed by atoms with Crippen LogP contribution in [0.15, 0.2) is 53.4 Å². The third-order valence-corrected chi connectivity index (χ3v) is 7.42. The van der Waals surface area contributed by atoms with Gasteiger partial charge in [0.15, 0.2) is 15.4 Å². The van der Waals surface area contributed by atoms with E-state index in [4.69, 9.17) is 14.7 Å². The van der Waals surface area contributed by atoms with Gasteiger partial charge in [0.1, 0.15) is 23.4 Å². The second-order valence-electron chi connectivity index (χ2n) is 6.94. The number of methoxy groups -OCH3 is 1. The van der Waals surface area contributed by atoms with Crippen LogP contribution in [0.5, 0.6) is 11.5 Å². The van der Waals surface area contributed by atoms with Gasteiger partial charge >= 0.3 is 0 Å². The third kappa shape index (κ3) is 4.26. The maximum Gasteiger partial charge on any atom is 0.277 e. The molecule has 0 aromatic heterocycles. The zero-order valence-electron chi connectivity index (χ0n) is 16.4. The van der Waals surface area contributed by atoms with Crippen LogP contribution in [0, 0.1) is 0 Å². The number of amides is 1. The van der Waals surface area contributed by atoms with Crippen molar-refractivity contribution in [3.8, 4) is 11.5 Å². The van der Waals surface area contributed by atoms with Gasteiger partial charge in [0.2, 0.25) is 0 Å². The number of β-amino-alcohol motifs (C(OH)–C–C–N with tert-alkyl or cyclic N) is 1. The Bertz CT molecular complexity index is 994. The molecule has 9 nitrogen and oxygen atoms in total. The molecular weight excluding hydrogens is 412 g/mol. The molecule has 4 N–H and O–H groups in total. The van der Waals surface area contributed by atoms with Crippen LogP contribution in [0.25, 0.3) is 0 Å². The molecule has 0 bridgehead atoms. The molecule has 1 amide bonds. The van der Waals surface area contributed by atoms with Crippen LogP contribution >= 0.6 is 0 Å². The topological polar surface area (TPSA) is 134 Å². The minimum Gasteiger partial charge on any atom is -0.496 e. The Morgan fingerprint density at radius 2 is 1.93 bits per heavy atom. The van der Waals surface area contributed by atoms with Gasteiger partial charge in [-0.05, 0) is 43.3 Å². The molecule has 3 rings (SSSR count). The number of hydrogen-bond acceptors (Lipinski definition) is 8. The average molecular weight is 436 g/mol. The lowest BCUT2D eigenvalue weighted by Gasteiger charge is -2.37. The largest absolute Gasteiger partial charge is 0.496 e. The Hall–Kier alpha value is -2.66. The summed E-state index contributed by atoms with van der Waals surface area (Å²) in [5.74, 6) is -0.0300. The summed E-state index contributed by atoms with van der Waals surface area (Å²) >= 11 is 0. The SMILES string of the molecule is COc1ccccc1COc1ccc(S(=O)(=O)C2CCNCC2(O)C(=O)NO)cc1. The van der Waals surface area contributed by atoms with Gasteiger partial charge in [-0.15, -0.1) is 0 Å². The lowest BCUT2D eigenvalue weighted by atomic mass is 9.93. The first-order valence-electron chi connectivity index (χ1n) is 9.29. The first-order valence-corrected chi connectivity index (χ1v) is 10.8. The Labute approximate surface area is 174 Å². The van der Waals surface area contributed by atoms with Crippen LogP contribution in [0.2, 0.25) is 0 Å². The molecule has 2 atom stereocenters. The van der Waals surface area contributed by atoms with E-state index in [1.807, 2.05) is 24.3 Å². The number of aliphatic hydroxyl groups is 1. The highest BCUT2D eigenvalue weighted by Gasteiger charge is 2.52. The van der Waals surface area contributed by atoms with Crippen molar-refractivity contribution < 1.29 is 33.0 Å². The van der Waals surface area contributed by atoms with Crippen molar-refractivity contribution in [2.45, 2.75) is 28.8 Å².